The highest BCUT2D eigenvalue weighted by atomic mass is 32.2. The summed E-state index contributed by atoms with van der Waals surface area (Å²) in [6.45, 7) is 1.43. The van der Waals surface area contributed by atoms with Gasteiger partial charge in [-0.1, -0.05) is 0 Å². The molecule has 0 bridgehead atoms. The monoisotopic (exact) mass is 317 g/mol. The summed E-state index contributed by atoms with van der Waals surface area (Å²) in [7, 11) is -1.21. The summed E-state index contributed by atoms with van der Waals surface area (Å²) >= 11 is 0. The van der Waals surface area contributed by atoms with Gasteiger partial charge in [-0.25, -0.2) is 13.6 Å². The zero-order valence-electron chi connectivity index (χ0n) is 11.6. The van der Waals surface area contributed by atoms with E-state index >= 15 is 0 Å². The fraction of sp³-hybridized carbons (Fsp3) is 0.364. The lowest BCUT2D eigenvalue weighted by atomic mass is 10.3. The van der Waals surface area contributed by atoms with Gasteiger partial charge < -0.3 is 9.64 Å². The smallest absolute Gasteiger partial charge is 0.271 e. The van der Waals surface area contributed by atoms with Gasteiger partial charge in [-0.3, -0.25) is 14.9 Å². The van der Waals surface area contributed by atoms with Crippen LogP contribution in [0.3, 0.4) is 0 Å². The Morgan fingerprint density at radius 2 is 2.00 bits per heavy atom. The number of ether oxygens (including phenoxy) is 1. The van der Waals surface area contributed by atoms with Crippen molar-refractivity contribution in [3.63, 3.8) is 0 Å². The molecule has 1 unspecified atom stereocenters. The molecule has 0 heterocycles. The number of sulfonamides is 1. The summed E-state index contributed by atoms with van der Waals surface area (Å²) in [5, 5.41) is 15.7. The van der Waals surface area contributed by atoms with Gasteiger partial charge in [0.2, 0.25) is 10.0 Å². The number of rotatable bonds is 5. The summed E-state index contributed by atoms with van der Waals surface area (Å²) in [5.74, 6) is -0.612. The van der Waals surface area contributed by atoms with Crippen LogP contribution in [0.2, 0.25) is 0 Å². The van der Waals surface area contributed by atoms with Gasteiger partial charge in [0.1, 0.15) is 10.6 Å². The van der Waals surface area contributed by atoms with E-state index < -0.39 is 37.5 Å². The van der Waals surface area contributed by atoms with Crippen LogP contribution in [0.15, 0.2) is 23.1 Å². The molecule has 0 aromatic heterocycles. The van der Waals surface area contributed by atoms with E-state index in [2.05, 4.69) is 0 Å². The average molecular weight is 317 g/mol. The zero-order valence-corrected chi connectivity index (χ0v) is 12.5. The molecule has 21 heavy (non-hydrogen) atoms. The van der Waals surface area contributed by atoms with Gasteiger partial charge in [-0.2, -0.15) is 0 Å². The molecule has 1 aromatic rings. The van der Waals surface area contributed by atoms with Crippen molar-refractivity contribution >= 4 is 21.6 Å². The second-order valence-electron chi connectivity index (χ2n) is 4.43. The van der Waals surface area contributed by atoms with Crippen molar-refractivity contribution < 1.29 is 22.9 Å². The standard InChI is InChI=1S/C11H15N3O6S/c1-7(11(15)13(2)3)20-9-5-4-8(14(16)17)6-10(9)21(12,18)19/h4-7H,1-3H3,(H2,12,18,19). The fourth-order valence-electron chi connectivity index (χ4n) is 1.53. The molecule has 1 rings (SSSR count). The SMILES string of the molecule is CC(Oc1ccc([N+](=O)[O-])cc1S(N)(=O)=O)C(=O)N(C)C. The number of primary sulfonamides is 1. The summed E-state index contributed by atoms with van der Waals surface area (Å²) < 4.78 is 28.2. The van der Waals surface area contributed by atoms with Crippen molar-refractivity contribution in [3.8, 4) is 5.75 Å². The van der Waals surface area contributed by atoms with Crippen LogP contribution in [0.1, 0.15) is 6.92 Å². The van der Waals surface area contributed by atoms with E-state index in [-0.39, 0.29) is 5.75 Å². The lowest BCUT2D eigenvalue weighted by molar-refractivity contribution is -0.385. The molecular formula is C11H15N3O6S. The number of nitro benzene ring substituents is 1. The maximum Gasteiger partial charge on any atom is 0.271 e. The third-order valence-electron chi connectivity index (χ3n) is 2.54. The van der Waals surface area contributed by atoms with Crippen LogP contribution in [0.4, 0.5) is 5.69 Å². The molecule has 1 atom stereocenters. The highest BCUT2D eigenvalue weighted by Crippen LogP contribution is 2.28. The minimum absolute atomic E-state index is 0.217. The van der Waals surface area contributed by atoms with Gasteiger partial charge in [0.25, 0.3) is 11.6 Å². The van der Waals surface area contributed by atoms with Crippen LogP contribution < -0.4 is 9.88 Å². The van der Waals surface area contributed by atoms with Gasteiger partial charge in [0.15, 0.2) is 6.10 Å². The Morgan fingerprint density at radius 3 is 2.43 bits per heavy atom. The average Bonchev–Trinajstić information content (AvgIpc) is 2.36. The zero-order chi connectivity index (χ0) is 16.4. The first kappa shape index (κ1) is 16.9. The van der Waals surface area contributed by atoms with Crippen molar-refractivity contribution in [3.05, 3.63) is 28.3 Å². The molecule has 9 nitrogen and oxygen atoms in total. The topological polar surface area (TPSA) is 133 Å². The molecule has 0 aliphatic rings. The largest absolute Gasteiger partial charge is 0.479 e. The van der Waals surface area contributed by atoms with Crippen molar-refractivity contribution in [2.75, 3.05) is 14.1 Å². The number of carbonyl (C=O) groups excluding carboxylic acids is 1. The van der Waals surface area contributed by atoms with E-state index in [1.807, 2.05) is 0 Å². The number of carbonyl (C=O) groups is 1. The molecule has 0 saturated carbocycles. The quantitative estimate of drug-likeness (QED) is 0.604. The molecule has 10 heteroatoms. The first-order valence-corrected chi connectivity index (χ1v) is 7.27. The van der Waals surface area contributed by atoms with Gasteiger partial charge in [-0.15, -0.1) is 0 Å². The molecule has 0 aliphatic heterocycles. The first-order valence-electron chi connectivity index (χ1n) is 5.73. The van der Waals surface area contributed by atoms with Gasteiger partial charge in [0.05, 0.1) is 4.92 Å². The number of hydrogen-bond donors (Lipinski definition) is 1. The Labute approximate surface area is 121 Å². The Bertz CT molecular complexity index is 671. The van der Waals surface area contributed by atoms with Gasteiger partial charge in [0, 0.05) is 26.2 Å². The number of nitrogens with zero attached hydrogens (tertiary/aromatic N) is 2. The minimum Gasteiger partial charge on any atom is -0.479 e. The number of likely N-dealkylation sites (N-methyl/N-ethyl adjacent to an activating group) is 1. The molecule has 0 spiro atoms. The number of hydrogen-bond acceptors (Lipinski definition) is 6. The van der Waals surface area contributed by atoms with E-state index in [1.165, 1.54) is 25.9 Å². The maximum atomic E-state index is 11.7. The van der Waals surface area contributed by atoms with E-state index in [1.54, 1.807) is 0 Å². The minimum atomic E-state index is -4.24. The van der Waals surface area contributed by atoms with Crippen molar-refractivity contribution in [2.24, 2.45) is 5.14 Å². The Kier molecular flexibility index (Phi) is 4.86. The first-order chi connectivity index (χ1) is 9.54. The number of non-ortho nitro benzene ring substituents is 1. The number of amides is 1. The molecule has 0 aliphatic carbocycles. The molecule has 0 saturated heterocycles. The Morgan fingerprint density at radius 1 is 1.43 bits per heavy atom. The number of nitro groups is 1. The van der Waals surface area contributed by atoms with Crippen LogP contribution in [0.25, 0.3) is 0 Å². The summed E-state index contributed by atoms with van der Waals surface area (Å²) in [5.41, 5.74) is -0.446. The number of nitrogens with two attached hydrogens (primary N) is 1. The van der Waals surface area contributed by atoms with Crippen LogP contribution in [0, 0.1) is 10.1 Å². The predicted octanol–water partition coefficient (Wildman–Crippen LogP) is 0.0977. The van der Waals surface area contributed by atoms with Crippen molar-refractivity contribution in [1.29, 1.82) is 0 Å². The summed E-state index contributed by atoms with van der Waals surface area (Å²) in [6.07, 6.45) is -0.970. The van der Waals surface area contributed by atoms with Crippen molar-refractivity contribution in [2.45, 2.75) is 17.9 Å². The van der Waals surface area contributed by atoms with Crippen LogP contribution >= 0.6 is 0 Å². The summed E-state index contributed by atoms with van der Waals surface area (Å²) in [4.78, 5) is 22.3. The van der Waals surface area contributed by atoms with E-state index in [0.29, 0.717) is 0 Å². The van der Waals surface area contributed by atoms with E-state index in [4.69, 9.17) is 9.88 Å². The molecule has 2 N–H and O–H groups in total. The van der Waals surface area contributed by atoms with E-state index in [9.17, 15) is 23.3 Å². The molecular weight excluding hydrogens is 302 g/mol. The highest BCUT2D eigenvalue weighted by molar-refractivity contribution is 7.89. The van der Waals surface area contributed by atoms with Crippen LogP contribution in [-0.4, -0.2) is 44.3 Å². The van der Waals surface area contributed by atoms with Crippen molar-refractivity contribution in [1.82, 2.24) is 4.90 Å². The normalized spacial score (nSPS) is 12.6. The highest BCUT2D eigenvalue weighted by Gasteiger charge is 2.24. The molecule has 0 fully saturated rings. The van der Waals surface area contributed by atoms with E-state index in [0.717, 1.165) is 18.2 Å². The third-order valence-corrected chi connectivity index (χ3v) is 3.47. The molecule has 1 aromatic carbocycles. The Balaban J connectivity index is 3.24. The van der Waals surface area contributed by atoms with Gasteiger partial charge >= 0.3 is 0 Å². The van der Waals surface area contributed by atoms with Gasteiger partial charge in [-0.05, 0) is 13.0 Å². The second-order valence-corrected chi connectivity index (χ2v) is 5.96. The molecule has 116 valence electrons. The van der Waals surface area contributed by atoms with Crippen LogP contribution in [-0.2, 0) is 14.8 Å². The van der Waals surface area contributed by atoms with Crippen LogP contribution in [0.5, 0.6) is 5.75 Å². The number of benzene rings is 1. The second kappa shape index (κ2) is 6.06. The predicted molar refractivity (Wildman–Crippen MR) is 73.3 cm³/mol. The Hall–Kier alpha value is -2.20. The fourth-order valence-corrected chi connectivity index (χ4v) is 2.22. The lowest BCUT2D eigenvalue weighted by Gasteiger charge is -2.19. The summed E-state index contributed by atoms with van der Waals surface area (Å²) in [6, 6.07) is 2.95. The maximum absolute atomic E-state index is 11.7. The lowest BCUT2D eigenvalue weighted by Crippen LogP contribution is -2.35. The third kappa shape index (κ3) is 4.13. The molecule has 1 amide bonds. The molecule has 0 radical (unpaired) electrons.